The van der Waals surface area contributed by atoms with Gasteiger partial charge in [-0.15, -0.1) is 0 Å². The molecular formula is C18H19BrFN5O. The monoisotopic (exact) mass is 419 g/mol. The highest BCUT2D eigenvalue weighted by Crippen LogP contribution is 2.21. The summed E-state index contributed by atoms with van der Waals surface area (Å²) in [6.45, 7) is 6.24. The van der Waals surface area contributed by atoms with Crippen LogP contribution in [0.15, 0.2) is 34.9 Å². The van der Waals surface area contributed by atoms with Crippen molar-refractivity contribution in [3.63, 3.8) is 0 Å². The molecule has 0 radical (unpaired) electrons. The largest absolute Gasteiger partial charge is 0.321 e. The van der Waals surface area contributed by atoms with Crippen LogP contribution < -0.4 is 5.32 Å². The van der Waals surface area contributed by atoms with Crippen molar-refractivity contribution in [3.8, 4) is 0 Å². The van der Waals surface area contributed by atoms with Crippen LogP contribution in [0.5, 0.6) is 0 Å². The van der Waals surface area contributed by atoms with Crippen LogP contribution >= 0.6 is 15.9 Å². The van der Waals surface area contributed by atoms with Crippen molar-refractivity contribution in [1.29, 1.82) is 0 Å². The number of carbonyl (C=O) groups is 1. The molecule has 0 aliphatic rings. The fourth-order valence-electron chi connectivity index (χ4n) is 2.70. The molecule has 0 fully saturated rings. The molecule has 1 N–H and O–H groups in total. The quantitative estimate of drug-likeness (QED) is 0.686. The molecule has 0 unspecified atom stereocenters. The molecule has 0 aliphatic heterocycles. The second-order valence-corrected chi connectivity index (χ2v) is 6.99. The van der Waals surface area contributed by atoms with Gasteiger partial charge in [0.05, 0.1) is 33.8 Å². The van der Waals surface area contributed by atoms with Crippen molar-refractivity contribution in [1.82, 2.24) is 19.6 Å². The van der Waals surface area contributed by atoms with E-state index in [9.17, 15) is 9.18 Å². The topological polar surface area (TPSA) is 64.7 Å². The lowest BCUT2D eigenvalue weighted by atomic mass is 10.2. The van der Waals surface area contributed by atoms with Crippen molar-refractivity contribution >= 4 is 27.5 Å². The molecule has 0 spiro atoms. The van der Waals surface area contributed by atoms with E-state index in [1.54, 1.807) is 27.7 Å². The molecule has 1 aromatic carbocycles. The highest BCUT2D eigenvalue weighted by Gasteiger charge is 2.15. The van der Waals surface area contributed by atoms with Crippen molar-refractivity contribution in [2.24, 2.45) is 0 Å². The van der Waals surface area contributed by atoms with Crippen molar-refractivity contribution in [3.05, 3.63) is 63.4 Å². The van der Waals surface area contributed by atoms with Crippen LogP contribution in [-0.2, 0) is 17.9 Å². The van der Waals surface area contributed by atoms with Gasteiger partial charge in [-0.25, -0.2) is 4.39 Å². The molecular weight excluding hydrogens is 401 g/mol. The Hall–Kier alpha value is -2.48. The lowest BCUT2D eigenvalue weighted by molar-refractivity contribution is -0.116. The van der Waals surface area contributed by atoms with Crippen molar-refractivity contribution in [2.45, 2.75) is 33.9 Å². The normalized spacial score (nSPS) is 11.0. The fourth-order valence-corrected chi connectivity index (χ4v) is 3.01. The minimum Gasteiger partial charge on any atom is -0.321 e. The van der Waals surface area contributed by atoms with E-state index in [2.05, 4.69) is 31.4 Å². The maximum atomic E-state index is 13.0. The van der Waals surface area contributed by atoms with E-state index in [1.807, 2.05) is 20.8 Å². The SMILES string of the molecule is Cc1nn(CC(=O)Nc2c(C)nn(Cc3ccc(F)cc3)c2C)cc1Br. The van der Waals surface area contributed by atoms with Crippen molar-refractivity contribution < 1.29 is 9.18 Å². The number of hydrogen-bond donors (Lipinski definition) is 1. The third-order valence-corrected chi connectivity index (χ3v) is 4.86. The van der Waals surface area contributed by atoms with Crippen molar-refractivity contribution in [2.75, 3.05) is 5.32 Å². The highest BCUT2D eigenvalue weighted by atomic mass is 79.9. The predicted molar refractivity (Wildman–Crippen MR) is 100 cm³/mol. The Balaban J connectivity index is 1.72. The van der Waals surface area contributed by atoms with E-state index in [0.29, 0.717) is 12.2 Å². The number of hydrogen-bond acceptors (Lipinski definition) is 3. The van der Waals surface area contributed by atoms with Gasteiger partial charge in [0.2, 0.25) is 5.91 Å². The van der Waals surface area contributed by atoms with Gasteiger partial charge in [0, 0.05) is 6.20 Å². The lowest BCUT2D eigenvalue weighted by Crippen LogP contribution is -2.20. The number of anilines is 1. The molecule has 136 valence electrons. The first-order chi connectivity index (χ1) is 12.3. The Kier molecular flexibility index (Phi) is 5.22. The number of halogens is 2. The average Bonchev–Trinajstić information content (AvgIpc) is 3.03. The van der Waals surface area contributed by atoms with Gasteiger partial charge < -0.3 is 5.32 Å². The second kappa shape index (κ2) is 7.41. The molecule has 8 heteroatoms. The van der Waals surface area contributed by atoms with Crippen LogP contribution in [0.1, 0.15) is 22.6 Å². The molecule has 6 nitrogen and oxygen atoms in total. The third kappa shape index (κ3) is 4.01. The molecule has 2 aromatic heterocycles. The first-order valence-electron chi connectivity index (χ1n) is 8.11. The molecule has 26 heavy (non-hydrogen) atoms. The molecule has 0 saturated carbocycles. The van der Waals surface area contributed by atoms with Gasteiger partial charge in [-0.2, -0.15) is 10.2 Å². The molecule has 0 aliphatic carbocycles. The van der Waals surface area contributed by atoms with Gasteiger partial charge in [-0.3, -0.25) is 14.2 Å². The van der Waals surface area contributed by atoms with E-state index in [1.165, 1.54) is 12.1 Å². The zero-order valence-electron chi connectivity index (χ0n) is 14.8. The standard InChI is InChI=1S/C18H19BrFN5O/c1-11-16(19)9-24(22-11)10-17(26)21-18-12(2)23-25(13(18)3)8-14-4-6-15(20)7-5-14/h4-7,9H,8,10H2,1-3H3,(H,21,26). The van der Waals surface area contributed by atoms with Crippen LogP contribution in [0.25, 0.3) is 0 Å². The predicted octanol–water partition coefficient (Wildman–Crippen LogP) is 3.59. The van der Waals surface area contributed by atoms with Gasteiger partial charge in [0.1, 0.15) is 12.4 Å². The zero-order chi connectivity index (χ0) is 18.8. The van der Waals surface area contributed by atoms with Gasteiger partial charge in [0.25, 0.3) is 0 Å². The van der Waals surface area contributed by atoms with Crippen LogP contribution in [0, 0.1) is 26.6 Å². The highest BCUT2D eigenvalue weighted by molar-refractivity contribution is 9.10. The van der Waals surface area contributed by atoms with E-state index in [4.69, 9.17) is 0 Å². The molecule has 0 atom stereocenters. The third-order valence-electron chi connectivity index (χ3n) is 4.08. The number of carbonyl (C=O) groups excluding carboxylic acids is 1. The summed E-state index contributed by atoms with van der Waals surface area (Å²) in [5.74, 6) is -0.442. The van der Waals surface area contributed by atoms with Gasteiger partial charge >= 0.3 is 0 Å². The number of amides is 1. The minimum absolute atomic E-state index is 0.120. The summed E-state index contributed by atoms with van der Waals surface area (Å²) in [6, 6.07) is 6.30. The summed E-state index contributed by atoms with van der Waals surface area (Å²) in [4.78, 5) is 12.3. The maximum Gasteiger partial charge on any atom is 0.246 e. The first-order valence-corrected chi connectivity index (χ1v) is 8.90. The summed E-state index contributed by atoms with van der Waals surface area (Å²) in [5.41, 5.74) is 4.04. The van der Waals surface area contributed by atoms with E-state index < -0.39 is 0 Å². The van der Waals surface area contributed by atoms with Gasteiger partial charge in [-0.1, -0.05) is 12.1 Å². The molecule has 0 bridgehead atoms. The smallest absolute Gasteiger partial charge is 0.246 e. The van der Waals surface area contributed by atoms with Crippen LogP contribution in [0.3, 0.4) is 0 Å². The Bertz CT molecular complexity index is 926. The molecule has 3 aromatic rings. The van der Waals surface area contributed by atoms with E-state index in [0.717, 1.165) is 27.1 Å². The maximum absolute atomic E-state index is 13.0. The number of benzene rings is 1. The number of aryl methyl sites for hydroxylation is 2. The van der Waals surface area contributed by atoms with Crippen LogP contribution in [0.4, 0.5) is 10.1 Å². The Morgan fingerprint density at radius 2 is 1.85 bits per heavy atom. The van der Waals surface area contributed by atoms with Crippen LogP contribution in [-0.4, -0.2) is 25.5 Å². The van der Waals surface area contributed by atoms with Crippen LogP contribution in [0.2, 0.25) is 0 Å². The van der Waals surface area contributed by atoms with E-state index in [-0.39, 0.29) is 18.3 Å². The number of nitrogens with one attached hydrogen (secondary N) is 1. The molecule has 1 amide bonds. The molecule has 3 rings (SSSR count). The summed E-state index contributed by atoms with van der Waals surface area (Å²) in [5, 5.41) is 11.7. The number of nitrogens with zero attached hydrogens (tertiary/aromatic N) is 4. The molecule has 2 heterocycles. The lowest BCUT2D eigenvalue weighted by Gasteiger charge is -2.07. The summed E-state index contributed by atoms with van der Waals surface area (Å²) in [6.07, 6.45) is 1.77. The first kappa shape index (κ1) is 18.3. The second-order valence-electron chi connectivity index (χ2n) is 6.14. The van der Waals surface area contributed by atoms with Gasteiger partial charge in [-0.05, 0) is 54.4 Å². The van der Waals surface area contributed by atoms with E-state index >= 15 is 0 Å². The Morgan fingerprint density at radius 1 is 1.15 bits per heavy atom. The minimum atomic E-state index is -0.268. The summed E-state index contributed by atoms with van der Waals surface area (Å²) >= 11 is 3.38. The number of aromatic nitrogens is 4. The number of rotatable bonds is 5. The zero-order valence-corrected chi connectivity index (χ0v) is 16.3. The van der Waals surface area contributed by atoms with Gasteiger partial charge in [0.15, 0.2) is 0 Å². The Morgan fingerprint density at radius 3 is 2.46 bits per heavy atom. The fraction of sp³-hybridized carbons (Fsp3) is 0.278. The summed E-state index contributed by atoms with van der Waals surface area (Å²) in [7, 11) is 0. The average molecular weight is 420 g/mol. The summed E-state index contributed by atoms with van der Waals surface area (Å²) < 4.78 is 17.3. The molecule has 0 saturated heterocycles. The Labute approximate surface area is 159 Å².